The number of carbonyl (C=O) groups excluding carboxylic acids is 2. The first kappa shape index (κ1) is 14.5. The van der Waals surface area contributed by atoms with Gasteiger partial charge in [0.15, 0.2) is 5.60 Å². The van der Waals surface area contributed by atoms with Crippen molar-refractivity contribution >= 4 is 12.0 Å². The van der Waals surface area contributed by atoms with Crippen molar-refractivity contribution in [2.24, 2.45) is 5.73 Å². The molecule has 102 valence electrons. The molecule has 6 heteroatoms. The summed E-state index contributed by atoms with van der Waals surface area (Å²) in [7, 11) is 0. The van der Waals surface area contributed by atoms with Crippen molar-refractivity contribution in [1.29, 1.82) is 0 Å². The maximum absolute atomic E-state index is 11.5. The molecule has 18 heavy (non-hydrogen) atoms. The summed E-state index contributed by atoms with van der Waals surface area (Å²) in [4.78, 5) is 22.5. The van der Waals surface area contributed by atoms with Gasteiger partial charge in [0.25, 0.3) is 5.91 Å². The lowest BCUT2D eigenvalue weighted by atomic mass is 9.88. The minimum absolute atomic E-state index is 0.180. The van der Waals surface area contributed by atoms with Gasteiger partial charge in [0.2, 0.25) is 0 Å². The summed E-state index contributed by atoms with van der Waals surface area (Å²) < 4.78 is 5.10. The lowest BCUT2D eigenvalue weighted by Crippen LogP contribution is -2.47. The van der Waals surface area contributed by atoms with Gasteiger partial charge in [0, 0.05) is 0 Å². The Hall–Kier alpha value is -1.56. The van der Waals surface area contributed by atoms with Crippen LogP contribution < -0.4 is 11.1 Å². The highest BCUT2D eigenvalue weighted by molar-refractivity contribution is 5.85. The summed E-state index contributed by atoms with van der Waals surface area (Å²) in [5.41, 5.74) is 2.92. The van der Waals surface area contributed by atoms with Crippen LogP contribution in [0.4, 0.5) is 4.79 Å². The highest BCUT2D eigenvalue weighted by Crippen LogP contribution is 2.22. The molecule has 0 saturated carbocycles. The van der Waals surface area contributed by atoms with Gasteiger partial charge in [-0.2, -0.15) is 0 Å². The molecule has 0 aromatic heterocycles. The average Bonchev–Trinajstić information content (AvgIpc) is 2.18. The topological polar surface area (TPSA) is 102 Å². The van der Waals surface area contributed by atoms with Crippen molar-refractivity contribution < 1.29 is 19.4 Å². The molecule has 6 nitrogen and oxygen atoms in total. The molecule has 0 heterocycles. The molecule has 4 N–H and O–H groups in total. The summed E-state index contributed by atoms with van der Waals surface area (Å²) >= 11 is 0. The summed E-state index contributed by atoms with van der Waals surface area (Å²) in [5.74, 6) is -0.783. The number of nitrogens with one attached hydrogen (secondary N) is 1. The van der Waals surface area contributed by atoms with E-state index in [1.54, 1.807) is 26.8 Å². The Balaban J connectivity index is 2.53. The van der Waals surface area contributed by atoms with Crippen molar-refractivity contribution in [3.05, 3.63) is 12.2 Å². The predicted molar refractivity (Wildman–Crippen MR) is 65.7 cm³/mol. The lowest BCUT2D eigenvalue weighted by molar-refractivity contribution is -0.132. The third-order valence-corrected chi connectivity index (χ3v) is 2.57. The highest BCUT2D eigenvalue weighted by Gasteiger charge is 2.34. The van der Waals surface area contributed by atoms with Crippen LogP contribution in [0, 0.1) is 0 Å². The number of hydrogen-bond donors (Lipinski definition) is 3. The van der Waals surface area contributed by atoms with Gasteiger partial charge >= 0.3 is 6.09 Å². The molecule has 1 aliphatic carbocycles. The summed E-state index contributed by atoms with van der Waals surface area (Å²) in [6.45, 7) is 5.32. The Morgan fingerprint density at radius 2 is 2.11 bits per heavy atom. The van der Waals surface area contributed by atoms with Crippen LogP contribution in [0.5, 0.6) is 0 Å². The van der Waals surface area contributed by atoms with Crippen LogP contribution in [0.25, 0.3) is 0 Å². The maximum Gasteiger partial charge on any atom is 0.408 e. The number of nitrogens with two attached hydrogens (primary N) is 1. The average molecular weight is 256 g/mol. The van der Waals surface area contributed by atoms with Crippen molar-refractivity contribution in [2.75, 3.05) is 0 Å². The maximum atomic E-state index is 11.5. The number of carbonyl (C=O) groups is 2. The van der Waals surface area contributed by atoms with Crippen LogP contribution in [0.1, 0.15) is 33.6 Å². The summed E-state index contributed by atoms with van der Waals surface area (Å²) in [6, 6.07) is -0.264. The monoisotopic (exact) mass is 256 g/mol. The van der Waals surface area contributed by atoms with Crippen molar-refractivity contribution in [2.45, 2.75) is 50.9 Å². The molecule has 0 fully saturated rings. The largest absolute Gasteiger partial charge is 0.444 e. The third kappa shape index (κ3) is 4.03. The number of amides is 2. The van der Waals surface area contributed by atoms with Gasteiger partial charge in [-0.1, -0.05) is 6.08 Å². The Bertz CT molecular complexity index is 373. The third-order valence-electron chi connectivity index (χ3n) is 2.57. The fourth-order valence-corrected chi connectivity index (χ4v) is 1.61. The molecule has 0 spiro atoms. The van der Waals surface area contributed by atoms with Gasteiger partial charge in [0.05, 0.1) is 6.04 Å². The number of aliphatic hydroxyl groups is 1. The number of rotatable bonds is 2. The van der Waals surface area contributed by atoms with E-state index >= 15 is 0 Å². The smallest absolute Gasteiger partial charge is 0.408 e. The quantitative estimate of drug-likeness (QED) is 0.624. The zero-order valence-corrected chi connectivity index (χ0v) is 10.9. The van der Waals surface area contributed by atoms with E-state index in [2.05, 4.69) is 5.32 Å². The first-order chi connectivity index (χ1) is 8.12. The van der Waals surface area contributed by atoms with E-state index in [0.29, 0.717) is 6.42 Å². The zero-order valence-electron chi connectivity index (χ0n) is 10.9. The molecule has 2 amide bonds. The normalized spacial score (nSPS) is 27.7. The van der Waals surface area contributed by atoms with E-state index in [9.17, 15) is 14.7 Å². The van der Waals surface area contributed by atoms with Crippen LogP contribution >= 0.6 is 0 Å². The van der Waals surface area contributed by atoms with Crippen LogP contribution in [0.2, 0.25) is 0 Å². The number of hydrogen-bond acceptors (Lipinski definition) is 4. The number of primary amides is 1. The first-order valence-electron chi connectivity index (χ1n) is 5.83. The fourth-order valence-electron chi connectivity index (χ4n) is 1.61. The molecule has 1 aliphatic rings. The van der Waals surface area contributed by atoms with Crippen molar-refractivity contribution in [3.63, 3.8) is 0 Å². The summed E-state index contributed by atoms with van der Waals surface area (Å²) in [5, 5.41) is 12.4. The molecule has 2 atom stereocenters. The SMILES string of the molecule is CC(C)(C)OC(=O)N[C@@H]1C=C[C@@](O)(C(N)=O)CC1. The molecule has 0 saturated heterocycles. The lowest BCUT2D eigenvalue weighted by Gasteiger charge is -2.29. The standard InChI is InChI=1S/C12H20N2O4/c1-11(2,3)18-10(16)14-8-4-6-12(17,7-5-8)9(13)15/h4,6,8,17H,5,7H2,1-3H3,(H2,13,15)(H,14,16)/t8-,12+/m1/s1. The van der Waals surface area contributed by atoms with Gasteiger partial charge in [-0.25, -0.2) is 4.79 Å². The molecule has 0 aliphatic heterocycles. The molecule has 1 rings (SSSR count). The van der Waals surface area contributed by atoms with Crippen LogP contribution in [-0.4, -0.2) is 34.4 Å². The minimum atomic E-state index is -1.61. The second-order valence-electron chi connectivity index (χ2n) is 5.44. The molecule has 0 aromatic rings. The van der Waals surface area contributed by atoms with E-state index in [0.717, 1.165) is 0 Å². The molecule has 0 unspecified atom stereocenters. The predicted octanol–water partition coefficient (Wildman–Crippen LogP) is 0.446. The Morgan fingerprint density at radius 1 is 1.50 bits per heavy atom. The molecular weight excluding hydrogens is 236 g/mol. The van der Waals surface area contributed by atoms with E-state index in [-0.39, 0.29) is 12.5 Å². The van der Waals surface area contributed by atoms with E-state index in [4.69, 9.17) is 10.5 Å². The van der Waals surface area contributed by atoms with Gasteiger partial charge in [-0.15, -0.1) is 0 Å². The van der Waals surface area contributed by atoms with Crippen molar-refractivity contribution in [1.82, 2.24) is 5.32 Å². The van der Waals surface area contributed by atoms with Gasteiger partial charge in [0.1, 0.15) is 5.60 Å². The van der Waals surface area contributed by atoms with Crippen molar-refractivity contribution in [3.8, 4) is 0 Å². The number of ether oxygens (including phenoxy) is 1. The van der Waals surface area contributed by atoms with Gasteiger partial charge in [-0.3, -0.25) is 4.79 Å². The van der Waals surface area contributed by atoms with Crippen LogP contribution in [-0.2, 0) is 9.53 Å². The first-order valence-corrected chi connectivity index (χ1v) is 5.83. The summed E-state index contributed by atoms with van der Waals surface area (Å²) in [6.07, 6.45) is 2.95. The molecule has 0 aromatic carbocycles. The van der Waals surface area contributed by atoms with Crippen LogP contribution in [0.3, 0.4) is 0 Å². The Morgan fingerprint density at radius 3 is 2.50 bits per heavy atom. The van der Waals surface area contributed by atoms with Gasteiger partial charge < -0.3 is 20.9 Å². The van der Waals surface area contributed by atoms with E-state index < -0.39 is 23.2 Å². The Kier molecular flexibility index (Phi) is 4.01. The van der Waals surface area contributed by atoms with Gasteiger partial charge in [-0.05, 0) is 39.7 Å². The van der Waals surface area contributed by atoms with E-state index in [1.165, 1.54) is 6.08 Å². The second-order valence-corrected chi connectivity index (χ2v) is 5.44. The molecular formula is C12H20N2O4. The number of alkyl carbamates (subject to hydrolysis) is 1. The molecule has 0 bridgehead atoms. The fraction of sp³-hybridized carbons (Fsp3) is 0.667. The van der Waals surface area contributed by atoms with Crippen LogP contribution in [0.15, 0.2) is 12.2 Å². The second kappa shape index (κ2) is 4.97. The minimum Gasteiger partial charge on any atom is -0.444 e. The molecule has 0 radical (unpaired) electrons. The van der Waals surface area contributed by atoms with E-state index in [1.807, 2.05) is 0 Å². The zero-order chi connectivity index (χ0) is 14.0. The highest BCUT2D eigenvalue weighted by atomic mass is 16.6. The Labute approximate surface area is 106 Å².